The van der Waals surface area contributed by atoms with Gasteiger partial charge >= 0.3 is 0 Å². The highest BCUT2D eigenvalue weighted by atomic mass is 16.3. The second-order valence-corrected chi connectivity index (χ2v) is 4.23. The van der Waals surface area contributed by atoms with Gasteiger partial charge in [0, 0.05) is 12.0 Å². The summed E-state index contributed by atoms with van der Waals surface area (Å²) in [4.78, 5) is 0. The predicted octanol–water partition coefficient (Wildman–Crippen LogP) is 2.16. The number of hydrogen-bond donors (Lipinski definition) is 2. The third-order valence-electron chi connectivity index (χ3n) is 3.48. The van der Waals surface area contributed by atoms with Crippen molar-refractivity contribution in [1.82, 2.24) is 0 Å². The predicted molar refractivity (Wildman–Crippen MR) is 57.5 cm³/mol. The van der Waals surface area contributed by atoms with Crippen LogP contribution < -0.4 is 5.73 Å². The molecule has 0 aliphatic carbocycles. The van der Waals surface area contributed by atoms with Crippen LogP contribution in [0.1, 0.15) is 47.0 Å². The topological polar surface area (TPSA) is 46.2 Å². The van der Waals surface area contributed by atoms with Crippen molar-refractivity contribution in [2.75, 3.05) is 6.54 Å². The zero-order chi connectivity index (χ0) is 10.5. The monoisotopic (exact) mass is 187 g/mol. The molecule has 0 heterocycles. The van der Waals surface area contributed by atoms with Crippen LogP contribution >= 0.6 is 0 Å². The first-order valence-corrected chi connectivity index (χ1v) is 5.43. The Balaban J connectivity index is 4.42. The molecule has 0 aliphatic rings. The lowest BCUT2D eigenvalue weighted by Crippen LogP contribution is -2.42. The third kappa shape index (κ3) is 2.96. The van der Waals surface area contributed by atoms with E-state index < -0.39 is 0 Å². The van der Waals surface area contributed by atoms with E-state index in [1.54, 1.807) is 0 Å². The van der Waals surface area contributed by atoms with E-state index in [2.05, 4.69) is 27.7 Å². The zero-order valence-corrected chi connectivity index (χ0v) is 9.51. The minimum Gasteiger partial charge on any atom is -0.392 e. The van der Waals surface area contributed by atoms with Crippen molar-refractivity contribution in [1.29, 1.82) is 0 Å². The largest absolute Gasteiger partial charge is 0.392 e. The van der Waals surface area contributed by atoms with Gasteiger partial charge < -0.3 is 10.8 Å². The van der Waals surface area contributed by atoms with Gasteiger partial charge in [0.2, 0.25) is 0 Å². The maximum Gasteiger partial charge on any atom is 0.0633 e. The van der Waals surface area contributed by atoms with Crippen molar-refractivity contribution >= 4 is 0 Å². The average Bonchev–Trinajstić information content (AvgIpc) is 2.18. The summed E-state index contributed by atoms with van der Waals surface area (Å²) in [5, 5.41) is 10.1. The van der Waals surface area contributed by atoms with Gasteiger partial charge in [0.05, 0.1) is 6.10 Å². The van der Waals surface area contributed by atoms with Crippen LogP contribution in [-0.4, -0.2) is 17.8 Å². The van der Waals surface area contributed by atoms with Crippen molar-refractivity contribution in [2.24, 2.45) is 17.1 Å². The van der Waals surface area contributed by atoms with E-state index in [-0.39, 0.29) is 11.5 Å². The molecule has 0 radical (unpaired) electrons. The Morgan fingerprint density at radius 3 is 1.92 bits per heavy atom. The fourth-order valence-electron chi connectivity index (χ4n) is 1.78. The van der Waals surface area contributed by atoms with E-state index in [1.165, 1.54) is 0 Å². The minimum absolute atomic E-state index is 0.101. The van der Waals surface area contributed by atoms with E-state index in [0.717, 1.165) is 19.3 Å². The fourth-order valence-corrected chi connectivity index (χ4v) is 1.78. The molecule has 80 valence electrons. The van der Waals surface area contributed by atoms with E-state index >= 15 is 0 Å². The number of aliphatic hydroxyl groups excluding tert-OH is 1. The number of nitrogens with two attached hydrogens (primary N) is 1. The molecular formula is C11H25NO. The molecule has 3 N–H and O–H groups in total. The van der Waals surface area contributed by atoms with E-state index in [1.807, 2.05) is 0 Å². The first-order valence-electron chi connectivity index (χ1n) is 5.43. The summed E-state index contributed by atoms with van der Waals surface area (Å²) in [5.74, 6) is 0.397. The Kier molecular flexibility index (Phi) is 5.57. The second kappa shape index (κ2) is 5.61. The molecule has 0 fully saturated rings. The molecule has 0 aliphatic heterocycles. The lowest BCUT2D eigenvalue weighted by Gasteiger charge is -2.36. The van der Waals surface area contributed by atoms with Crippen LogP contribution in [0.3, 0.4) is 0 Å². The summed E-state index contributed by atoms with van der Waals surface area (Å²) >= 11 is 0. The van der Waals surface area contributed by atoms with Crippen LogP contribution in [0.2, 0.25) is 0 Å². The van der Waals surface area contributed by atoms with Gasteiger partial charge in [-0.25, -0.2) is 0 Å². The summed E-state index contributed by atoms with van der Waals surface area (Å²) in [6.45, 7) is 9.00. The van der Waals surface area contributed by atoms with Crippen LogP contribution in [-0.2, 0) is 0 Å². The first-order chi connectivity index (χ1) is 6.05. The second-order valence-electron chi connectivity index (χ2n) is 4.23. The maximum atomic E-state index is 10.1. The summed E-state index contributed by atoms with van der Waals surface area (Å²) in [5.41, 5.74) is 5.61. The number of aliphatic hydroxyl groups is 1. The molecule has 0 rings (SSSR count). The molecule has 2 heteroatoms. The van der Waals surface area contributed by atoms with Gasteiger partial charge in [-0.05, 0) is 12.3 Å². The molecule has 2 atom stereocenters. The van der Waals surface area contributed by atoms with Crippen molar-refractivity contribution in [3.8, 4) is 0 Å². The Morgan fingerprint density at radius 2 is 1.69 bits per heavy atom. The molecule has 0 aromatic carbocycles. The Hall–Kier alpha value is -0.0800. The Bertz CT molecular complexity index is 128. The molecule has 0 amide bonds. The molecule has 2 nitrogen and oxygen atoms in total. The first kappa shape index (κ1) is 12.9. The van der Waals surface area contributed by atoms with E-state index in [0.29, 0.717) is 12.5 Å². The minimum atomic E-state index is -0.252. The highest BCUT2D eigenvalue weighted by molar-refractivity contribution is 4.85. The van der Waals surface area contributed by atoms with Crippen molar-refractivity contribution in [2.45, 2.75) is 53.1 Å². The zero-order valence-electron chi connectivity index (χ0n) is 9.51. The SMILES string of the molecule is CCC(CC)C(O)C(C)(CC)CN. The lowest BCUT2D eigenvalue weighted by atomic mass is 9.74. The Morgan fingerprint density at radius 1 is 1.23 bits per heavy atom. The van der Waals surface area contributed by atoms with Gasteiger partial charge in [0.1, 0.15) is 0 Å². The summed E-state index contributed by atoms with van der Waals surface area (Å²) in [6.07, 6.45) is 2.76. The highest BCUT2D eigenvalue weighted by Crippen LogP contribution is 2.31. The molecule has 0 saturated heterocycles. The number of hydrogen-bond acceptors (Lipinski definition) is 2. The molecule has 0 aromatic rings. The van der Waals surface area contributed by atoms with E-state index in [9.17, 15) is 5.11 Å². The fraction of sp³-hybridized carbons (Fsp3) is 1.00. The summed E-state index contributed by atoms with van der Waals surface area (Å²) in [6, 6.07) is 0. The van der Waals surface area contributed by atoms with Crippen LogP contribution in [0, 0.1) is 11.3 Å². The van der Waals surface area contributed by atoms with Crippen molar-refractivity contribution < 1.29 is 5.11 Å². The normalized spacial score (nSPS) is 18.7. The molecule has 0 spiro atoms. The van der Waals surface area contributed by atoms with E-state index in [4.69, 9.17) is 5.73 Å². The smallest absolute Gasteiger partial charge is 0.0633 e. The van der Waals surface area contributed by atoms with Crippen molar-refractivity contribution in [3.05, 3.63) is 0 Å². The quantitative estimate of drug-likeness (QED) is 0.669. The molecular weight excluding hydrogens is 162 g/mol. The van der Waals surface area contributed by atoms with Gasteiger partial charge in [-0.15, -0.1) is 0 Å². The van der Waals surface area contributed by atoms with Crippen LogP contribution in [0.5, 0.6) is 0 Å². The molecule has 2 unspecified atom stereocenters. The van der Waals surface area contributed by atoms with Gasteiger partial charge in [-0.2, -0.15) is 0 Å². The summed E-state index contributed by atoms with van der Waals surface area (Å²) < 4.78 is 0. The Labute approximate surface area is 82.5 Å². The highest BCUT2D eigenvalue weighted by Gasteiger charge is 2.33. The molecule has 0 bridgehead atoms. The lowest BCUT2D eigenvalue weighted by molar-refractivity contribution is -0.00938. The van der Waals surface area contributed by atoms with Crippen LogP contribution in [0.4, 0.5) is 0 Å². The maximum absolute atomic E-state index is 10.1. The van der Waals surface area contributed by atoms with Gasteiger partial charge in [0.15, 0.2) is 0 Å². The summed E-state index contributed by atoms with van der Waals surface area (Å²) in [7, 11) is 0. The van der Waals surface area contributed by atoms with Crippen LogP contribution in [0.15, 0.2) is 0 Å². The number of rotatable bonds is 6. The molecule has 13 heavy (non-hydrogen) atoms. The molecule has 0 saturated carbocycles. The molecule has 0 aromatic heterocycles. The van der Waals surface area contributed by atoms with Crippen LogP contribution in [0.25, 0.3) is 0 Å². The van der Waals surface area contributed by atoms with Gasteiger partial charge in [-0.3, -0.25) is 0 Å². The third-order valence-corrected chi connectivity index (χ3v) is 3.48. The van der Waals surface area contributed by atoms with Gasteiger partial charge in [0.25, 0.3) is 0 Å². The average molecular weight is 187 g/mol. The van der Waals surface area contributed by atoms with Gasteiger partial charge in [-0.1, -0.05) is 40.5 Å². The van der Waals surface area contributed by atoms with Crippen molar-refractivity contribution in [3.63, 3.8) is 0 Å². The standard InChI is InChI=1S/C11H25NO/c1-5-9(6-2)10(13)11(4,7-3)8-12/h9-10,13H,5-8,12H2,1-4H3.